The summed E-state index contributed by atoms with van der Waals surface area (Å²) in [5.74, 6) is -1.40. The molecule has 2 N–H and O–H groups in total. The van der Waals surface area contributed by atoms with E-state index in [1.54, 1.807) is 51.1 Å². The summed E-state index contributed by atoms with van der Waals surface area (Å²) < 4.78 is 5.39. The van der Waals surface area contributed by atoms with Crippen LogP contribution in [0, 0.1) is 31.1 Å². The highest BCUT2D eigenvalue weighted by molar-refractivity contribution is 6.34. The van der Waals surface area contributed by atoms with Crippen molar-refractivity contribution in [3.05, 3.63) is 64.2 Å². The molecular formula is C29H37ClN4O4. The van der Waals surface area contributed by atoms with Crippen LogP contribution in [0.25, 0.3) is 0 Å². The molecule has 0 heterocycles. The number of benzene rings is 2. The number of hydrogen-bond donors (Lipinski definition) is 2. The molecule has 0 spiro atoms. The van der Waals surface area contributed by atoms with E-state index >= 15 is 0 Å². The van der Waals surface area contributed by atoms with Crippen molar-refractivity contribution in [2.24, 2.45) is 5.92 Å². The van der Waals surface area contributed by atoms with Crippen molar-refractivity contribution in [2.45, 2.75) is 72.6 Å². The molecule has 0 radical (unpaired) electrons. The second-order valence-electron chi connectivity index (χ2n) is 10.4. The molecule has 2 rings (SSSR count). The Labute approximate surface area is 230 Å². The van der Waals surface area contributed by atoms with Crippen molar-refractivity contribution in [3.8, 4) is 6.07 Å². The van der Waals surface area contributed by atoms with Crippen LogP contribution in [0.1, 0.15) is 63.8 Å². The standard InChI is InChI=1S/C29H37ClN4O4/c1-8-19(3)24(33-28(37)38-29(5,6)7)27(36)34(16-15-31)25(21-13-9-11-18(2)17-21)26(35)32-23-20(4)12-10-14-22(23)30/h9-14,17,19,24-25H,8,16H2,1-7H3,(H,32,35)(H,33,37). The van der Waals surface area contributed by atoms with Gasteiger partial charge in [0, 0.05) is 0 Å². The third-order valence-corrected chi connectivity index (χ3v) is 6.38. The van der Waals surface area contributed by atoms with Gasteiger partial charge in [-0.15, -0.1) is 0 Å². The number of carbonyl (C=O) groups is 3. The van der Waals surface area contributed by atoms with E-state index in [-0.39, 0.29) is 12.5 Å². The third-order valence-electron chi connectivity index (χ3n) is 6.06. The van der Waals surface area contributed by atoms with Gasteiger partial charge in [-0.05, 0) is 57.7 Å². The highest BCUT2D eigenvalue weighted by Gasteiger charge is 2.38. The van der Waals surface area contributed by atoms with Crippen molar-refractivity contribution < 1.29 is 19.1 Å². The number of aryl methyl sites for hydroxylation is 2. The van der Waals surface area contributed by atoms with Crippen molar-refractivity contribution >= 4 is 35.2 Å². The number of para-hydroxylation sites is 1. The Morgan fingerprint density at radius 2 is 1.79 bits per heavy atom. The Bertz CT molecular complexity index is 1180. The van der Waals surface area contributed by atoms with Gasteiger partial charge >= 0.3 is 6.09 Å². The molecule has 0 saturated heterocycles. The molecule has 8 nitrogen and oxygen atoms in total. The Kier molecular flexibility index (Phi) is 10.7. The van der Waals surface area contributed by atoms with Gasteiger partial charge in [0.1, 0.15) is 24.2 Å². The van der Waals surface area contributed by atoms with E-state index < -0.39 is 35.6 Å². The highest BCUT2D eigenvalue weighted by atomic mass is 35.5. The van der Waals surface area contributed by atoms with Gasteiger partial charge in [0.25, 0.3) is 5.91 Å². The van der Waals surface area contributed by atoms with Gasteiger partial charge in [0.05, 0.1) is 16.8 Å². The Hall–Kier alpha value is -3.57. The molecule has 3 atom stereocenters. The summed E-state index contributed by atoms with van der Waals surface area (Å²) in [6, 6.07) is 12.3. The number of nitriles is 1. The van der Waals surface area contributed by atoms with Gasteiger partial charge in [-0.3, -0.25) is 9.59 Å². The molecule has 38 heavy (non-hydrogen) atoms. The molecule has 0 aliphatic rings. The van der Waals surface area contributed by atoms with Crippen molar-refractivity contribution in [2.75, 3.05) is 11.9 Å². The monoisotopic (exact) mass is 540 g/mol. The molecular weight excluding hydrogens is 504 g/mol. The van der Waals surface area contributed by atoms with Crippen LogP contribution in [0.5, 0.6) is 0 Å². The third kappa shape index (κ3) is 8.22. The van der Waals surface area contributed by atoms with E-state index in [9.17, 15) is 19.6 Å². The SMILES string of the molecule is CCC(C)C(NC(=O)OC(C)(C)C)C(=O)N(CC#N)C(C(=O)Nc1c(C)cccc1Cl)c1cccc(C)c1. The first kappa shape index (κ1) is 30.7. The topological polar surface area (TPSA) is 112 Å². The summed E-state index contributed by atoms with van der Waals surface area (Å²) in [6.45, 7) is 12.2. The number of hydrogen-bond acceptors (Lipinski definition) is 5. The Morgan fingerprint density at radius 1 is 1.13 bits per heavy atom. The maximum Gasteiger partial charge on any atom is 0.408 e. The average Bonchev–Trinajstić information content (AvgIpc) is 2.82. The van der Waals surface area contributed by atoms with E-state index in [1.807, 2.05) is 45.9 Å². The number of rotatable bonds is 9. The molecule has 0 aliphatic heterocycles. The van der Waals surface area contributed by atoms with E-state index in [0.29, 0.717) is 22.7 Å². The number of carbonyl (C=O) groups excluding carboxylic acids is 3. The van der Waals surface area contributed by atoms with Crippen LogP contribution in [0.15, 0.2) is 42.5 Å². The second-order valence-corrected chi connectivity index (χ2v) is 10.8. The molecule has 0 saturated carbocycles. The first-order chi connectivity index (χ1) is 17.8. The fourth-order valence-electron chi connectivity index (χ4n) is 3.96. The minimum absolute atomic E-state index is 0.303. The lowest BCUT2D eigenvalue weighted by molar-refractivity contribution is -0.141. The summed E-state index contributed by atoms with van der Waals surface area (Å²) in [7, 11) is 0. The fraction of sp³-hybridized carbons (Fsp3) is 0.448. The summed E-state index contributed by atoms with van der Waals surface area (Å²) in [4.78, 5) is 41.7. The van der Waals surface area contributed by atoms with Crippen molar-refractivity contribution in [1.29, 1.82) is 5.26 Å². The molecule has 0 fully saturated rings. The van der Waals surface area contributed by atoms with Crippen LogP contribution < -0.4 is 10.6 Å². The minimum Gasteiger partial charge on any atom is -0.444 e. The minimum atomic E-state index is -1.16. The highest BCUT2D eigenvalue weighted by Crippen LogP contribution is 2.30. The van der Waals surface area contributed by atoms with Crippen LogP contribution in [-0.2, 0) is 14.3 Å². The van der Waals surface area contributed by atoms with E-state index in [0.717, 1.165) is 11.1 Å². The summed E-state index contributed by atoms with van der Waals surface area (Å²) in [5.41, 5.74) is 1.80. The average molecular weight is 541 g/mol. The summed E-state index contributed by atoms with van der Waals surface area (Å²) >= 11 is 6.36. The van der Waals surface area contributed by atoms with Crippen LogP contribution in [0.3, 0.4) is 0 Å². The molecule has 0 aromatic heterocycles. The molecule has 3 unspecified atom stereocenters. The van der Waals surface area contributed by atoms with Crippen LogP contribution >= 0.6 is 11.6 Å². The van der Waals surface area contributed by atoms with Crippen LogP contribution in [0.4, 0.5) is 10.5 Å². The van der Waals surface area contributed by atoms with Crippen molar-refractivity contribution in [1.82, 2.24) is 10.2 Å². The molecule has 0 bridgehead atoms. The lowest BCUT2D eigenvalue weighted by atomic mass is 9.95. The second kappa shape index (κ2) is 13.3. The lowest BCUT2D eigenvalue weighted by Crippen LogP contribution is -2.54. The van der Waals surface area contributed by atoms with E-state index in [4.69, 9.17) is 16.3 Å². The Morgan fingerprint density at radius 3 is 2.34 bits per heavy atom. The predicted molar refractivity (Wildman–Crippen MR) is 149 cm³/mol. The predicted octanol–water partition coefficient (Wildman–Crippen LogP) is 5.93. The molecule has 0 aliphatic carbocycles. The molecule has 9 heteroatoms. The normalized spacial score (nSPS) is 13.4. The number of nitrogens with zero attached hydrogens (tertiary/aromatic N) is 2. The lowest BCUT2D eigenvalue weighted by Gasteiger charge is -2.34. The maximum absolute atomic E-state index is 14.0. The number of ether oxygens (including phenoxy) is 1. The van der Waals surface area contributed by atoms with E-state index in [2.05, 4.69) is 10.6 Å². The largest absolute Gasteiger partial charge is 0.444 e. The zero-order chi connectivity index (χ0) is 28.6. The zero-order valence-electron chi connectivity index (χ0n) is 23.1. The Balaban J connectivity index is 2.57. The number of alkyl carbamates (subject to hydrolysis) is 1. The van der Waals surface area contributed by atoms with Crippen LogP contribution in [0.2, 0.25) is 5.02 Å². The number of amides is 3. The van der Waals surface area contributed by atoms with Crippen molar-refractivity contribution in [3.63, 3.8) is 0 Å². The van der Waals surface area contributed by atoms with Gasteiger partial charge in [0.15, 0.2) is 0 Å². The van der Waals surface area contributed by atoms with E-state index in [1.165, 1.54) is 4.90 Å². The summed E-state index contributed by atoms with van der Waals surface area (Å²) in [6.07, 6.45) is -0.191. The van der Waals surface area contributed by atoms with Gasteiger partial charge in [0.2, 0.25) is 5.91 Å². The quantitative estimate of drug-likeness (QED) is 0.383. The van der Waals surface area contributed by atoms with Gasteiger partial charge < -0.3 is 20.3 Å². The molecule has 2 aromatic carbocycles. The van der Waals surface area contributed by atoms with Gasteiger partial charge in [-0.25, -0.2) is 4.79 Å². The maximum atomic E-state index is 14.0. The fourth-order valence-corrected chi connectivity index (χ4v) is 4.23. The number of nitrogens with one attached hydrogen (secondary N) is 2. The first-order valence-corrected chi connectivity index (χ1v) is 13.0. The first-order valence-electron chi connectivity index (χ1n) is 12.6. The molecule has 204 valence electrons. The number of halogens is 1. The number of anilines is 1. The molecule has 2 aromatic rings. The van der Waals surface area contributed by atoms with Gasteiger partial charge in [-0.1, -0.05) is 73.8 Å². The van der Waals surface area contributed by atoms with Crippen LogP contribution in [-0.4, -0.2) is 41.0 Å². The molecule has 3 amide bonds. The summed E-state index contributed by atoms with van der Waals surface area (Å²) in [5, 5.41) is 15.6. The zero-order valence-corrected chi connectivity index (χ0v) is 23.8. The smallest absolute Gasteiger partial charge is 0.408 e. The van der Waals surface area contributed by atoms with Gasteiger partial charge in [-0.2, -0.15) is 5.26 Å².